The Morgan fingerprint density at radius 3 is 2.91 bits per heavy atom. The van der Waals surface area contributed by atoms with Crippen molar-refractivity contribution in [3.63, 3.8) is 0 Å². The lowest BCUT2D eigenvalue weighted by Gasteiger charge is -2.18. The first-order valence-electron chi connectivity index (χ1n) is 6.61. The first kappa shape index (κ1) is 16.0. The zero-order valence-corrected chi connectivity index (χ0v) is 12.8. The van der Waals surface area contributed by atoms with Crippen LogP contribution < -0.4 is 16.4 Å². The summed E-state index contributed by atoms with van der Waals surface area (Å²) in [6.07, 6.45) is 4.78. The van der Waals surface area contributed by atoms with Gasteiger partial charge in [-0.3, -0.25) is 9.59 Å². The van der Waals surface area contributed by atoms with Gasteiger partial charge in [0.2, 0.25) is 5.91 Å². The number of amides is 1. The van der Waals surface area contributed by atoms with Crippen molar-refractivity contribution in [1.29, 1.82) is 0 Å². The summed E-state index contributed by atoms with van der Waals surface area (Å²) in [6.45, 7) is 0.482. The number of carbonyl (C=O) groups excluding carboxylic acids is 2. The summed E-state index contributed by atoms with van der Waals surface area (Å²) in [4.78, 5) is 34.9. The normalized spacial score (nSPS) is 12.5. The third-order valence-corrected chi connectivity index (χ3v) is 3.82. The van der Waals surface area contributed by atoms with Gasteiger partial charge >= 0.3 is 0 Å². The minimum absolute atomic E-state index is 0.0299. The van der Waals surface area contributed by atoms with E-state index < -0.39 is 0 Å². The highest BCUT2D eigenvalue weighted by atomic mass is 32.1. The lowest BCUT2D eigenvalue weighted by atomic mass is 10.1. The first-order valence-corrected chi connectivity index (χ1v) is 7.43. The monoisotopic (exact) mass is 320 g/mol. The number of thiazole rings is 1. The molecule has 4 N–H and O–H groups in total. The zero-order valence-electron chi connectivity index (χ0n) is 12.0. The molecule has 116 valence electrons. The first-order chi connectivity index (χ1) is 10.8. The molecule has 0 radical (unpaired) electrons. The standard InChI is InChI=1S/C12H11N5O2S.CH5N/c18-5-7-3-13-10(20-7)4-14-11-8-1-2-9(19)17-12(8)16-6-15-11;1-2/h3,5-6H,1-2,4H2,(H2,14,15,16,17,19);2H2,1H3. The number of carbonyl (C=O) groups is 2. The minimum Gasteiger partial charge on any atom is -0.363 e. The van der Waals surface area contributed by atoms with E-state index in [9.17, 15) is 9.59 Å². The van der Waals surface area contributed by atoms with Crippen LogP contribution in [0.1, 0.15) is 26.7 Å². The molecule has 1 amide bonds. The molecule has 0 saturated heterocycles. The van der Waals surface area contributed by atoms with Gasteiger partial charge < -0.3 is 16.4 Å². The average Bonchev–Trinajstić information content (AvgIpc) is 3.02. The number of nitrogens with zero attached hydrogens (tertiary/aromatic N) is 3. The largest absolute Gasteiger partial charge is 0.363 e. The fourth-order valence-corrected chi connectivity index (χ4v) is 2.64. The van der Waals surface area contributed by atoms with Crippen molar-refractivity contribution in [3.05, 3.63) is 28.0 Å². The summed E-state index contributed by atoms with van der Waals surface area (Å²) in [5.41, 5.74) is 5.40. The van der Waals surface area contributed by atoms with Crippen molar-refractivity contribution in [2.24, 2.45) is 5.73 Å². The number of nitrogens with one attached hydrogen (secondary N) is 2. The van der Waals surface area contributed by atoms with Crippen LogP contribution in [0.2, 0.25) is 0 Å². The van der Waals surface area contributed by atoms with E-state index in [4.69, 9.17) is 0 Å². The van der Waals surface area contributed by atoms with Gasteiger partial charge in [-0.05, 0) is 13.5 Å². The fraction of sp³-hybridized carbons (Fsp3) is 0.308. The average molecular weight is 320 g/mol. The smallest absolute Gasteiger partial charge is 0.225 e. The zero-order chi connectivity index (χ0) is 15.9. The van der Waals surface area contributed by atoms with Crippen LogP contribution in [0.4, 0.5) is 11.6 Å². The number of fused-ring (bicyclic) bond motifs is 1. The van der Waals surface area contributed by atoms with Gasteiger partial charge in [-0.2, -0.15) is 0 Å². The molecule has 3 heterocycles. The number of rotatable bonds is 4. The quantitative estimate of drug-likeness (QED) is 0.712. The molecular weight excluding hydrogens is 304 g/mol. The second-order valence-corrected chi connectivity index (χ2v) is 5.37. The van der Waals surface area contributed by atoms with E-state index in [2.05, 4.69) is 31.3 Å². The van der Waals surface area contributed by atoms with Gasteiger partial charge in [0.05, 0.1) is 11.4 Å². The molecule has 8 nitrogen and oxygen atoms in total. The number of nitrogens with two attached hydrogens (primary N) is 1. The highest BCUT2D eigenvalue weighted by Gasteiger charge is 2.19. The van der Waals surface area contributed by atoms with Gasteiger partial charge in [0.15, 0.2) is 6.29 Å². The maximum Gasteiger partial charge on any atom is 0.225 e. The molecule has 0 spiro atoms. The lowest BCUT2D eigenvalue weighted by molar-refractivity contribution is -0.116. The van der Waals surface area contributed by atoms with E-state index in [1.54, 1.807) is 6.20 Å². The molecule has 0 aromatic carbocycles. The summed E-state index contributed by atoms with van der Waals surface area (Å²) < 4.78 is 0. The molecule has 9 heteroatoms. The van der Waals surface area contributed by atoms with Gasteiger partial charge in [0.25, 0.3) is 0 Å². The summed E-state index contributed by atoms with van der Waals surface area (Å²) in [7, 11) is 1.50. The second-order valence-electron chi connectivity index (χ2n) is 4.23. The third-order valence-electron chi connectivity index (χ3n) is 2.90. The molecule has 3 rings (SSSR count). The molecule has 0 saturated carbocycles. The van der Waals surface area contributed by atoms with Crippen LogP contribution in [0.5, 0.6) is 0 Å². The van der Waals surface area contributed by atoms with Gasteiger partial charge in [-0.25, -0.2) is 15.0 Å². The van der Waals surface area contributed by atoms with Crippen LogP contribution in [0.15, 0.2) is 12.5 Å². The van der Waals surface area contributed by atoms with Crippen molar-refractivity contribution in [3.8, 4) is 0 Å². The summed E-state index contributed by atoms with van der Waals surface area (Å²) in [5, 5.41) is 6.70. The SMILES string of the molecule is CN.O=Cc1cnc(CNc2ncnc3c2CCC(=O)N3)s1. The molecule has 1 aliphatic heterocycles. The maximum atomic E-state index is 11.3. The molecule has 2 aromatic rings. The van der Waals surface area contributed by atoms with E-state index in [0.717, 1.165) is 16.9 Å². The van der Waals surface area contributed by atoms with Crippen molar-refractivity contribution in [1.82, 2.24) is 15.0 Å². The number of hydrogen-bond acceptors (Lipinski definition) is 8. The Labute approximate surface area is 131 Å². The summed E-state index contributed by atoms with van der Waals surface area (Å²) in [6, 6.07) is 0. The number of aromatic nitrogens is 3. The third kappa shape index (κ3) is 3.62. The van der Waals surface area contributed by atoms with E-state index >= 15 is 0 Å². The summed E-state index contributed by atoms with van der Waals surface area (Å²) >= 11 is 1.34. The predicted octanol–water partition coefficient (Wildman–Crippen LogP) is 0.817. The van der Waals surface area contributed by atoms with Crippen LogP contribution in [-0.2, 0) is 17.8 Å². The van der Waals surface area contributed by atoms with E-state index in [-0.39, 0.29) is 5.91 Å². The lowest BCUT2D eigenvalue weighted by Crippen LogP contribution is -2.21. The topological polar surface area (TPSA) is 123 Å². The Hall–Kier alpha value is -2.39. The van der Waals surface area contributed by atoms with E-state index in [1.165, 1.54) is 24.7 Å². The van der Waals surface area contributed by atoms with Crippen molar-refractivity contribution in [2.75, 3.05) is 17.7 Å². The van der Waals surface area contributed by atoms with Crippen molar-refractivity contribution in [2.45, 2.75) is 19.4 Å². The van der Waals surface area contributed by atoms with E-state index in [0.29, 0.717) is 35.9 Å². The van der Waals surface area contributed by atoms with Gasteiger partial charge in [0, 0.05) is 18.2 Å². The van der Waals surface area contributed by atoms with Gasteiger partial charge in [-0.15, -0.1) is 11.3 Å². The molecule has 0 bridgehead atoms. The maximum absolute atomic E-state index is 11.3. The summed E-state index contributed by atoms with van der Waals surface area (Å²) in [5.74, 6) is 1.22. The molecule has 0 atom stereocenters. The van der Waals surface area contributed by atoms with Crippen LogP contribution >= 0.6 is 11.3 Å². The molecule has 0 aliphatic carbocycles. The van der Waals surface area contributed by atoms with Crippen LogP contribution in [0.3, 0.4) is 0 Å². The molecule has 0 unspecified atom stereocenters. The Kier molecular flexibility index (Phi) is 5.50. The van der Waals surface area contributed by atoms with Crippen LogP contribution in [0.25, 0.3) is 0 Å². The van der Waals surface area contributed by atoms with Gasteiger partial charge in [0.1, 0.15) is 23.0 Å². The van der Waals surface area contributed by atoms with Crippen molar-refractivity contribution >= 4 is 35.2 Å². The van der Waals surface area contributed by atoms with Gasteiger partial charge in [-0.1, -0.05) is 0 Å². The van der Waals surface area contributed by atoms with Crippen molar-refractivity contribution < 1.29 is 9.59 Å². The van der Waals surface area contributed by atoms with Crippen LogP contribution in [-0.4, -0.2) is 34.2 Å². The molecule has 0 fully saturated rings. The Balaban J connectivity index is 0.000000847. The highest BCUT2D eigenvalue weighted by molar-refractivity contribution is 7.13. The highest BCUT2D eigenvalue weighted by Crippen LogP contribution is 2.25. The minimum atomic E-state index is -0.0299. The second kappa shape index (κ2) is 7.57. The number of anilines is 2. The Bertz CT molecular complexity index is 672. The molecule has 1 aliphatic rings. The molecule has 2 aromatic heterocycles. The Morgan fingerprint density at radius 2 is 2.18 bits per heavy atom. The Morgan fingerprint density at radius 1 is 1.36 bits per heavy atom. The number of hydrogen-bond donors (Lipinski definition) is 3. The fourth-order valence-electron chi connectivity index (χ4n) is 1.96. The number of aldehydes is 1. The molecule has 22 heavy (non-hydrogen) atoms. The molecular formula is C13H16N6O2S. The predicted molar refractivity (Wildman–Crippen MR) is 83.9 cm³/mol. The van der Waals surface area contributed by atoms with E-state index in [1.807, 2.05) is 0 Å². The van der Waals surface area contributed by atoms with Crippen LogP contribution in [0, 0.1) is 0 Å².